The molecule has 0 aromatic carbocycles. The van der Waals surface area contributed by atoms with Crippen LogP contribution in [0.4, 0.5) is 0 Å². The zero-order chi connectivity index (χ0) is 15.0. The van der Waals surface area contributed by atoms with Crippen LogP contribution in [0.2, 0.25) is 0 Å². The second kappa shape index (κ2) is 9.91. The molecule has 0 radical (unpaired) electrons. The van der Waals surface area contributed by atoms with E-state index in [2.05, 4.69) is 0 Å². The summed E-state index contributed by atoms with van der Waals surface area (Å²) in [6.45, 7) is 0. The third kappa shape index (κ3) is 6.00. The van der Waals surface area contributed by atoms with Crippen LogP contribution in [0.3, 0.4) is 0 Å². The zero-order valence-corrected chi connectivity index (χ0v) is 17.5. The van der Waals surface area contributed by atoms with Gasteiger partial charge < -0.3 is 0 Å². The van der Waals surface area contributed by atoms with E-state index in [9.17, 15) is 0 Å². The molecule has 0 heterocycles. The molecule has 3 rings (SSSR count). The van der Waals surface area contributed by atoms with Crippen LogP contribution in [0, 0.1) is 0 Å². The molecule has 3 aliphatic rings. The standard InChI is InChI=1S/3C6H11O.Bi/c3*7-6-4-2-1-3-5-6;/h3*6H,1-5H2;/q3*-1;+3. The van der Waals surface area contributed by atoms with Crippen molar-refractivity contribution in [3.8, 4) is 0 Å². The molecule has 0 aromatic heterocycles. The Labute approximate surface area is 146 Å². The molecular formula is C18H33BiO3. The Bertz CT molecular complexity index is 247. The fourth-order valence-electron chi connectivity index (χ4n) is 3.95. The van der Waals surface area contributed by atoms with E-state index in [1.165, 1.54) is 96.3 Å². The molecule has 0 aromatic rings. The van der Waals surface area contributed by atoms with Crippen molar-refractivity contribution < 1.29 is 8.44 Å². The predicted molar refractivity (Wildman–Crippen MR) is 89.6 cm³/mol. The second-order valence-corrected chi connectivity index (χ2v) is 11.5. The van der Waals surface area contributed by atoms with E-state index in [0.29, 0.717) is 18.3 Å². The van der Waals surface area contributed by atoms with E-state index in [4.69, 9.17) is 8.44 Å². The Morgan fingerprint density at radius 2 is 0.682 bits per heavy atom. The van der Waals surface area contributed by atoms with Gasteiger partial charge >= 0.3 is 146 Å². The van der Waals surface area contributed by atoms with Crippen LogP contribution in [-0.4, -0.2) is 41.4 Å². The topological polar surface area (TPSA) is 27.7 Å². The summed E-state index contributed by atoms with van der Waals surface area (Å²) < 4.78 is 19.4. The molecule has 0 saturated heterocycles. The van der Waals surface area contributed by atoms with Gasteiger partial charge in [0.15, 0.2) is 0 Å². The first-order chi connectivity index (χ1) is 10.9. The van der Waals surface area contributed by atoms with Crippen LogP contribution in [0.15, 0.2) is 0 Å². The van der Waals surface area contributed by atoms with Gasteiger partial charge in [-0.2, -0.15) is 0 Å². The molecule has 3 nitrogen and oxygen atoms in total. The third-order valence-corrected chi connectivity index (χ3v) is 10.8. The summed E-state index contributed by atoms with van der Waals surface area (Å²) in [6.07, 6.45) is 20.8. The number of rotatable bonds is 6. The first kappa shape index (κ1) is 17.6. The van der Waals surface area contributed by atoms with Crippen molar-refractivity contribution in [2.75, 3.05) is 0 Å². The molecule has 22 heavy (non-hydrogen) atoms. The van der Waals surface area contributed by atoms with Gasteiger partial charge in [-0.25, -0.2) is 0 Å². The van der Waals surface area contributed by atoms with Crippen molar-refractivity contribution in [3.05, 3.63) is 0 Å². The fourth-order valence-corrected chi connectivity index (χ4v) is 9.83. The number of hydrogen-bond donors (Lipinski definition) is 0. The van der Waals surface area contributed by atoms with Crippen molar-refractivity contribution in [2.45, 2.75) is 115 Å². The predicted octanol–water partition coefficient (Wildman–Crippen LogP) is 5.02. The average Bonchev–Trinajstić information content (AvgIpc) is 2.57. The Hall–Kier alpha value is 0.763. The van der Waals surface area contributed by atoms with E-state index < -0.39 is 23.1 Å². The first-order valence-corrected chi connectivity index (χ1v) is 14.0. The van der Waals surface area contributed by atoms with Crippen LogP contribution >= 0.6 is 0 Å². The van der Waals surface area contributed by atoms with E-state index in [1.54, 1.807) is 0 Å². The first-order valence-electron chi connectivity index (χ1n) is 9.70. The quantitative estimate of drug-likeness (QED) is 0.474. The van der Waals surface area contributed by atoms with Crippen LogP contribution in [-0.2, 0) is 8.44 Å². The summed E-state index contributed by atoms with van der Waals surface area (Å²) in [6, 6.07) is 0. The monoisotopic (exact) mass is 506 g/mol. The van der Waals surface area contributed by atoms with Crippen molar-refractivity contribution in [1.29, 1.82) is 0 Å². The van der Waals surface area contributed by atoms with Crippen LogP contribution < -0.4 is 0 Å². The average molecular weight is 506 g/mol. The van der Waals surface area contributed by atoms with Gasteiger partial charge in [-0.3, -0.25) is 0 Å². The minimum atomic E-state index is -2.67. The Balaban J connectivity index is 1.50. The van der Waals surface area contributed by atoms with Crippen molar-refractivity contribution in [1.82, 2.24) is 0 Å². The van der Waals surface area contributed by atoms with Crippen LogP contribution in [0.5, 0.6) is 0 Å². The van der Waals surface area contributed by atoms with Crippen LogP contribution in [0.25, 0.3) is 0 Å². The Morgan fingerprint density at radius 1 is 0.409 bits per heavy atom. The molecule has 0 bridgehead atoms. The van der Waals surface area contributed by atoms with Gasteiger partial charge in [0.1, 0.15) is 0 Å². The van der Waals surface area contributed by atoms with E-state index in [1.807, 2.05) is 0 Å². The molecule has 128 valence electrons. The zero-order valence-electron chi connectivity index (χ0n) is 14.0. The molecule has 0 amide bonds. The summed E-state index contributed by atoms with van der Waals surface area (Å²) in [5, 5.41) is 0. The maximum atomic E-state index is 6.46. The summed E-state index contributed by atoms with van der Waals surface area (Å²) >= 11 is -2.67. The second-order valence-electron chi connectivity index (χ2n) is 7.32. The minimum absolute atomic E-state index is 0.443. The normalized spacial score (nSPS) is 26.6. The molecule has 0 unspecified atom stereocenters. The SMILES string of the molecule is C1CCC([O][Bi]([O]C2CCCCC2)[O]C2CCCCC2)CC1. The molecular weight excluding hydrogens is 473 g/mol. The molecule has 0 spiro atoms. The van der Waals surface area contributed by atoms with E-state index in [-0.39, 0.29) is 0 Å². The third-order valence-electron chi connectivity index (χ3n) is 5.36. The number of hydrogen-bond acceptors (Lipinski definition) is 3. The Morgan fingerprint density at radius 3 is 0.955 bits per heavy atom. The molecule has 0 atom stereocenters. The van der Waals surface area contributed by atoms with Gasteiger partial charge in [-0.15, -0.1) is 0 Å². The molecule has 3 fully saturated rings. The van der Waals surface area contributed by atoms with Gasteiger partial charge in [0.25, 0.3) is 0 Å². The van der Waals surface area contributed by atoms with Crippen molar-refractivity contribution >= 4 is 23.1 Å². The summed E-state index contributed by atoms with van der Waals surface area (Å²) in [5.41, 5.74) is 0. The van der Waals surface area contributed by atoms with Gasteiger partial charge in [0, 0.05) is 0 Å². The summed E-state index contributed by atoms with van der Waals surface area (Å²) in [5.74, 6) is 0. The summed E-state index contributed by atoms with van der Waals surface area (Å²) in [4.78, 5) is 0. The molecule has 4 heteroatoms. The van der Waals surface area contributed by atoms with Crippen molar-refractivity contribution in [3.63, 3.8) is 0 Å². The molecule has 3 saturated carbocycles. The van der Waals surface area contributed by atoms with Gasteiger partial charge in [-0.1, -0.05) is 0 Å². The molecule has 0 N–H and O–H groups in total. The van der Waals surface area contributed by atoms with E-state index in [0.717, 1.165) is 0 Å². The maximum absolute atomic E-state index is 6.46. The van der Waals surface area contributed by atoms with Crippen molar-refractivity contribution in [2.24, 2.45) is 0 Å². The van der Waals surface area contributed by atoms with Gasteiger partial charge in [0.2, 0.25) is 0 Å². The van der Waals surface area contributed by atoms with Gasteiger partial charge in [0.05, 0.1) is 0 Å². The van der Waals surface area contributed by atoms with E-state index >= 15 is 0 Å². The molecule has 3 aliphatic carbocycles. The summed E-state index contributed by atoms with van der Waals surface area (Å²) in [7, 11) is 0. The Kier molecular flexibility index (Phi) is 7.92. The van der Waals surface area contributed by atoms with Gasteiger partial charge in [-0.05, 0) is 0 Å². The molecule has 0 aliphatic heterocycles. The fraction of sp³-hybridized carbons (Fsp3) is 1.00. The van der Waals surface area contributed by atoms with Crippen LogP contribution in [0.1, 0.15) is 96.3 Å².